The molecule has 0 aliphatic heterocycles. The van der Waals surface area contributed by atoms with Gasteiger partial charge in [-0.25, -0.2) is 0 Å². The lowest BCUT2D eigenvalue weighted by Crippen LogP contribution is -2.24. The van der Waals surface area contributed by atoms with Crippen molar-refractivity contribution in [3.05, 3.63) is 22.7 Å². The average Bonchev–Trinajstić information content (AvgIpc) is 2.32. The molecule has 0 atom stereocenters. The molecule has 0 amide bonds. The van der Waals surface area contributed by atoms with Crippen molar-refractivity contribution in [3.8, 4) is 11.5 Å². The summed E-state index contributed by atoms with van der Waals surface area (Å²) in [7, 11) is 1.56. The van der Waals surface area contributed by atoms with Crippen molar-refractivity contribution >= 4 is 35.1 Å². The third-order valence-electron chi connectivity index (χ3n) is 1.96. The Bertz CT molecular complexity index is 466. The molecule has 0 radical (unpaired) electrons. The highest BCUT2D eigenvalue weighted by atomic mass is 35.5. The van der Waals surface area contributed by atoms with E-state index in [4.69, 9.17) is 26.8 Å². The Hall–Kier alpha value is -1.53. The van der Waals surface area contributed by atoms with Crippen LogP contribution in [-0.2, 0) is 0 Å². The maximum absolute atomic E-state index is 6.09. The first-order valence-electron chi connectivity index (χ1n) is 5.17. The van der Waals surface area contributed by atoms with Crippen LogP contribution in [0.25, 0.3) is 0 Å². The number of halogens is 1. The SMILES string of the molecule is CCOc1cc(Cl)c(C=NNC(N)=S)cc1OC. The summed E-state index contributed by atoms with van der Waals surface area (Å²) in [5.41, 5.74) is 8.36. The maximum Gasteiger partial charge on any atom is 0.184 e. The molecule has 0 aliphatic carbocycles. The van der Waals surface area contributed by atoms with E-state index in [-0.39, 0.29) is 5.11 Å². The fraction of sp³-hybridized carbons (Fsp3) is 0.273. The summed E-state index contributed by atoms with van der Waals surface area (Å²) in [5.74, 6) is 1.17. The normalized spacial score (nSPS) is 10.4. The first kappa shape index (κ1) is 14.5. The highest BCUT2D eigenvalue weighted by Crippen LogP contribution is 2.32. The zero-order valence-corrected chi connectivity index (χ0v) is 11.6. The minimum absolute atomic E-state index is 0.0836. The third-order valence-corrected chi connectivity index (χ3v) is 2.38. The molecular formula is C11H14ClN3O2S. The highest BCUT2D eigenvalue weighted by Gasteiger charge is 2.08. The molecule has 0 saturated heterocycles. The van der Waals surface area contributed by atoms with Gasteiger partial charge in [0.15, 0.2) is 16.6 Å². The predicted molar refractivity (Wildman–Crippen MR) is 76.7 cm³/mol. The van der Waals surface area contributed by atoms with Crippen LogP contribution in [0.2, 0.25) is 5.02 Å². The van der Waals surface area contributed by atoms with Gasteiger partial charge in [-0.15, -0.1) is 0 Å². The number of hydrazone groups is 1. The molecule has 98 valence electrons. The molecule has 1 aromatic carbocycles. The van der Waals surface area contributed by atoms with Crippen LogP contribution >= 0.6 is 23.8 Å². The van der Waals surface area contributed by atoms with Gasteiger partial charge in [-0.2, -0.15) is 5.10 Å². The fourth-order valence-electron chi connectivity index (χ4n) is 1.24. The Morgan fingerprint density at radius 3 is 2.83 bits per heavy atom. The predicted octanol–water partition coefficient (Wildman–Crippen LogP) is 1.91. The van der Waals surface area contributed by atoms with Gasteiger partial charge >= 0.3 is 0 Å². The van der Waals surface area contributed by atoms with Crippen LogP contribution in [0.4, 0.5) is 0 Å². The van der Waals surface area contributed by atoms with Crippen LogP contribution in [0, 0.1) is 0 Å². The Morgan fingerprint density at radius 2 is 2.28 bits per heavy atom. The van der Waals surface area contributed by atoms with Gasteiger partial charge in [-0.1, -0.05) is 11.6 Å². The fourth-order valence-corrected chi connectivity index (χ4v) is 1.50. The number of rotatable bonds is 5. The van der Waals surface area contributed by atoms with Gasteiger partial charge in [0, 0.05) is 11.6 Å². The smallest absolute Gasteiger partial charge is 0.184 e. The van der Waals surface area contributed by atoms with E-state index in [1.165, 1.54) is 6.21 Å². The van der Waals surface area contributed by atoms with Crippen LogP contribution in [0.1, 0.15) is 12.5 Å². The van der Waals surface area contributed by atoms with E-state index in [1.807, 2.05) is 6.92 Å². The Labute approximate surface area is 116 Å². The van der Waals surface area contributed by atoms with E-state index in [9.17, 15) is 0 Å². The van der Waals surface area contributed by atoms with Gasteiger partial charge in [0.05, 0.1) is 25.0 Å². The third kappa shape index (κ3) is 4.05. The van der Waals surface area contributed by atoms with Gasteiger partial charge in [0.25, 0.3) is 0 Å². The molecule has 7 heteroatoms. The molecule has 0 spiro atoms. The number of nitrogens with two attached hydrogens (primary N) is 1. The number of ether oxygens (including phenoxy) is 2. The van der Waals surface area contributed by atoms with Crippen molar-refractivity contribution in [1.29, 1.82) is 0 Å². The number of benzene rings is 1. The van der Waals surface area contributed by atoms with E-state index >= 15 is 0 Å². The average molecular weight is 288 g/mol. The van der Waals surface area contributed by atoms with Gasteiger partial charge in [-0.05, 0) is 25.2 Å². The topological polar surface area (TPSA) is 68.9 Å². The molecule has 18 heavy (non-hydrogen) atoms. The summed E-state index contributed by atoms with van der Waals surface area (Å²) in [6.07, 6.45) is 1.50. The minimum atomic E-state index is 0.0836. The van der Waals surface area contributed by atoms with Crippen LogP contribution in [-0.4, -0.2) is 25.0 Å². The van der Waals surface area contributed by atoms with E-state index in [0.717, 1.165) is 0 Å². The van der Waals surface area contributed by atoms with E-state index in [0.29, 0.717) is 28.7 Å². The molecular weight excluding hydrogens is 274 g/mol. The Morgan fingerprint density at radius 1 is 1.56 bits per heavy atom. The van der Waals surface area contributed by atoms with Gasteiger partial charge in [0.2, 0.25) is 0 Å². The van der Waals surface area contributed by atoms with Crippen molar-refractivity contribution in [3.63, 3.8) is 0 Å². The lowest BCUT2D eigenvalue weighted by molar-refractivity contribution is 0.311. The summed E-state index contributed by atoms with van der Waals surface area (Å²) in [5, 5.41) is 4.41. The zero-order valence-electron chi connectivity index (χ0n) is 10.1. The van der Waals surface area contributed by atoms with Crippen molar-refractivity contribution in [2.24, 2.45) is 10.8 Å². The molecule has 0 fully saturated rings. The van der Waals surface area contributed by atoms with Crippen LogP contribution in [0.5, 0.6) is 11.5 Å². The number of nitrogens with one attached hydrogen (secondary N) is 1. The molecule has 5 nitrogen and oxygen atoms in total. The Balaban J connectivity index is 2.99. The van der Waals surface area contributed by atoms with Gasteiger partial charge in [0.1, 0.15) is 0 Å². The summed E-state index contributed by atoms with van der Waals surface area (Å²) in [6, 6.07) is 3.39. The second-order valence-corrected chi connectivity index (χ2v) is 4.04. The lowest BCUT2D eigenvalue weighted by Gasteiger charge is -2.10. The molecule has 0 heterocycles. The van der Waals surface area contributed by atoms with Crippen LogP contribution in [0.15, 0.2) is 17.2 Å². The lowest BCUT2D eigenvalue weighted by atomic mass is 10.2. The van der Waals surface area contributed by atoms with Gasteiger partial charge < -0.3 is 15.2 Å². The van der Waals surface area contributed by atoms with Crippen molar-refractivity contribution in [2.45, 2.75) is 6.92 Å². The molecule has 0 bridgehead atoms. The number of hydrogen-bond acceptors (Lipinski definition) is 4. The zero-order chi connectivity index (χ0) is 13.5. The largest absolute Gasteiger partial charge is 0.493 e. The number of methoxy groups -OCH3 is 1. The second-order valence-electron chi connectivity index (χ2n) is 3.19. The second kappa shape index (κ2) is 7.03. The molecule has 1 rings (SSSR count). The van der Waals surface area contributed by atoms with Crippen LogP contribution in [0.3, 0.4) is 0 Å². The number of thiocarbonyl (C=S) groups is 1. The quantitative estimate of drug-likeness (QED) is 0.492. The first-order chi connectivity index (χ1) is 8.58. The van der Waals surface area contributed by atoms with Crippen LogP contribution < -0.4 is 20.6 Å². The number of nitrogens with zero attached hydrogens (tertiary/aromatic N) is 1. The van der Waals surface area contributed by atoms with E-state index in [1.54, 1.807) is 19.2 Å². The monoisotopic (exact) mass is 287 g/mol. The van der Waals surface area contributed by atoms with Crippen molar-refractivity contribution in [2.75, 3.05) is 13.7 Å². The molecule has 3 N–H and O–H groups in total. The number of hydrogen-bond donors (Lipinski definition) is 2. The maximum atomic E-state index is 6.09. The summed E-state index contributed by atoms with van der Waals surface area (Å²) < 4.78 is 10.6. The van der Waals surface area contributed by atoms with Gasteiger partial charge in [-0.3, -0.25) is 5.43 Å². The standard InChI is InChI=1S/C11H14ClN3O2S/c1-3-17-10-5-8(12)7(4-9(10)16-2)6-14-15-11(13)18/h4-6H,3H2,1-2H3,(H3,13,15,18). The van der Waals surface area contributed by atoms with E-state index in [2.05, 4.69) is 22.7 Å². The first-order valence-corrected chi connectivity index (χ1v) is 5.96. The molecule has 0 unspecified atom stereocenters. The highest BCUT2D eigenvalue weighted by molar-refractivity contribution is 7.80. The summed E-state index contributed by atoms with van der Waals surface area (Å²) in [4.78, 5) is 0. The van der Waals surface area contributed by atoms with E-state index < -0.39 is 0 Å². The molecule has 1 aromatic rings. The molecule has 0 aromatic heterocycles. The molecule has 0 saturated carbocycles. The van der Waals surface area contributed by atoms with Crippen molar-refractivity contribution < 1.29 is 9.47 Å². The summed E-state index contributed by atoms with van der Waals surface area (Å²) >= 11 is 10.7. The Kier molecular flexibility index (Phi) is 5.67. The minimum Gasteiger partial charge on any atom is -0.493 e. The summed E-state index contributed by atoms with van der Waals surface area (Å²) in [6.45, 7) is 2.41. The van der Waals surface area contributed by atoms with Crippen molar-refractivity contribution in [1.82, 2.24) is 5.43 Å². The molecule has 0 aliphatic rings.